The van der Waals surface area contributed by atoms with Crippen LogP contribution in [0.2, 0.25) is 10.0 Å². The van der Waals surface area contributed by atoms with Crippen molar-refractivity contribution in [3.63, 3.8) is 0 Å². The maximum atomic E-state index is 11.5. The average Bonchev–Trinajstić information content (AvgIpc) is 2.18. The summed E-state index contributed by atoms with van der Waals surface area (Å²) >= 11 is 13.8. The number of benzene rings is 1. The van der Waals surface area contributed by atoms with Crippen LogP contribution in [-0.4, -0.2) is 16.9 Å². The third kappa shape index (κ3) is 3.29. The summed E-state index contributed by atoms with van der Waals surface area (Å²) in [5.74, 6) is -0.186. The summed E-state index contributed by atoms with van der Waals surface area (Å²) < 4.78 is 0.863. The highest BCUT2D eigenvalue weighted by molar-refractivity contribution is 14.1. The van der Waals surface area contributed by atoms with Gasteiger partial charge in [-0.2, -0.15) is 0 Å². The molecule has 0 heterocycles. The van der Waals surface area contributed by atoms with Crippen molar-refractivity contribution in [2.45, 2.75) is 0 Å². The first-order chi connectivity index (χ1) is 6.65. The molecule has 2 nitrogen and oxygen atoms in total. The van der Waals surface area contributed by atoms with E-state index in [1.165, 1.54) is 0 Å². The van der Waals surface area contributed by atoms with Gasteiger partial charge in [-0.15, -0.1) is 0 Å². The standard InChI is InChI=1S/C9H8Cl2INO/c10-6-1-2-8(11)7(5-6)9(14)13-4-3-12/h1-2,5H,3-4H2,(H,13,14). The predicted octanol–water partition coefficient (Wildman–Crippen LogP) is 3.16. The monoisotopic (exact) mass is 343 g/mol. The molecule has 0 aliphatic carbocycles. The summed E-state index contributed by atoms with van der Waals surface area (Å²) in [6.45, 7) is 0.627. The molecular weight excluding hydrogens is 336 g/mol. The molecule has 0 aliphatic rings. The third-order valence-corrected chi connectivity index (χ3v) is 2.66. The van der Waals surface area contributed by atoms with Crippen LogP contribution in [0.3, 0.4) is 0 Å². The van der Waals surface area contributed by atoms with Gasteiger partial charge in [-0.1, -0.05) is 45.8 Å². The van der Waals surface area contributed by atoms with Crippen molar-refractivity contribution in [1.82, 2.24) is 5.32 Å². The van der Waals surface area contributed by atoms with Crippen LogP contribution in [0, 0.1) is 0 Å². The minimum Gasteiger partial charge on any atom is -0.351 e. The number of carbonyl (C=O) groups is 1. The maximum absolute atomic E-state index is 11.5. The number of rotatable bonds is 3. The summed E-state index contributed by atoms with van der Waals surface area (Å²) in [4.78, 5) is 11.5. The molecule has 1 rings (SSSR count). The van der Waals surface area contributed by atoms with Crippen molar-refractivity contribution < 1.29 is 4.79 Å². The number of halogens is 3. The van der Waals surface area contributed by atoms with Gasteiger partial charge in [0.15, 0.2) is 0 Å². The Kier molecular flexibility index (Phi) is 4.98. The lowest BCUT2D eigenvalue weighted by atomic mass is 10.2. The zero-order valence-electron chi connectivity index (χ0n) is 7.19. The van der Waals surface area contributed by atoms with Gasteiger partial charge in [0.1, 0.15) is 0 Å². The van der Waals surface area contributed by atoms with E-state index in [9.17, 15) is 4.79 Å². The molecule has 1 N–H and O–H groups in total. The van der Waals surface area contributed by atoms with Crippen LogP contribution in [0.25, 0.3) is 0 Å². The Balaban J connectivity index is 2.83. The van der Waals surface area contributed by atoms with Gasteiger partial charge < -0.3 is 5.32 Å². The molecule has 76 valence electrons. The Morgan fingerprint density at radius 2 is 2.14 bits per heavy atom. The van der Waals surface area contributed by atoms with Gasteiger partial charge in [-0.3, -0.25) is 4.79 Å². The van der Waals surface area contributed by atoms with Crippen molar-refractivity contribution in [2.75, 3.05) is 11.0 Å². The van der Waals surface area contributed by atoms with Crippen molar-refractivity contribution in [1.29, 1.82) is 0 Å². The average molecular weight is 344 g/mol. The fraction of sp³-hybridized carbons (Fsp3) is 0.222. The zero-order valence-corrected chi connectivity index (χ0v) is 10.9. The van der Waals surface area contributed by atoms with Crippen molar-refractivity contribution in [3.05, 3.63) is 33.8 Å². The number of alkyl halides is 1. The van der Waals surface area contributed by atoms with Crippen LogP contribution in [0.4, 0.5) is 0 Å². The highest BCUT2D eigenvalue weighted by Gasteiger charge is 2.09. The lowest BCUT2D eigenvalue weighted by Gasteiger charge is -2.05. The molecule has 0 aliphatic heterocycles. The van der Waals surface area contributed by atoms with E-state index in [0.29, 0.717) is 22.2 Å². The summed E-state index contributed by atoms with van der Waals surface area (Å²) in [6.07, 6.45) is 0. The van der Waals surface area contributed by atoms with E-state index in [1.54, 1.807) is 18.2 Å². The van der Waals surface area contributed by atoms with Crippen LogP contribution >= 0.6 is 45.8 Å². The lowest BCUT2D eigenvalue weighted by molar-refractivity contribution is 0.0956. The molecule has 0 bridgehead atoms. The smallest absolute Gasteiger partial charge is 0.252 e. The fourth-order valence-corrected chi connectivity index (χ4v) is 1.57. The fourth-order valence-electron chi connectivity index (χ4n) is 0.928. The number of hydrogen-bond donors (Lipinski definition) is 1. The van der Waals surface area contributed by atoms with Gasteiger partial charge in [-0.25, -0.2) is 0 Å². The molecule has 0 spiro atoms. The molecule has 0 saturated heterocycles. The quantitative estimate of drug-likeness (QED) is 0.663. The van der Waals surface area contributed by atoms with Gasteiger partial charge in [-0.05, 0) is 18.2 Å². The highest BCUT2D eigenvalue weighted by Crippen LogP contribution is 2.20. The number of hydrogen-bond acceptors (Lipinski definition) is 1. The Bertz CT molecular complexity index is 344. The van der Waals surface area contributed by atoms with Gasteiger partial charge in [0, 0.05) is 16.0 Å². The van der Waals surface area contributed by atoms with Crippen molar-refractivity contribution in [3.8, 4) is 0 Å². The maximum Gasteiger partial charge on any atom is 0.252 e. The summed E-state index contributed by atoms with van der Waals surface area (Å²) in [6, 6.07) is 4.83. The Morgan fingerprint density at radius 1 is 1.43 bits per heavy atom. The van der Waals surface area contributed by atoms with Crippen molar-refractivity contribution >= 4 is 51.7 Å². The predicted molar refractivity (Wildman–Crippen MR) is 67.7 cm³/mol. The molecule has 0 unspecified atom stereocenters. The Labute approximate surface area is 106 Å². The van der Waals surface area contributed by atoms with E-state index < -0.39 is 0 Å². The first kappa shape index (κ1) is 12.1. The van der Waals surface area contributed by atoms with Crippen LogP contribution in [-0.2, 0) is 0 Å². The Hall–Kier alpha value is -0.000000000000000111. The van der Waals surface area contributed by atoms with E-state index in [0.717, 1.165) is 4.43 Å². The molecule has 14 heavy (non-hydrogen) atoms. The minimum absolute atomic E-state index is 0.186. The second-order valence-electron chi connectivity index (χ2n) is 2.57. The molecule has 0 fully saturated rings. The van der Waals surface area contributed by atoms with Gasteiger partial charge in [0.25, 0.3) is 5.91 Å². The Morgan fingerprint density at radius 3 is 2.79 bits per heavy atom. The highest BCUT2D eigenvalue weighted by atomic mass is 127. The SMILES string of the molecule is O=C(NCCI)c1cc(Cl)ccc1Cl. The van der Waals surface area contributed by atoms with Crippen molar-refractivity contribution in [2.24, 2.45) is 0 Å². The summed E-state index contributed by atoms with van der Waals surface area (Å²) in [7, 11) is 0. The summed E-state index contributed by atoms with van der Waals surface area (Å²) in [5.41, 5.74) is 0.420. The molecule has 5 heteroatoms. The van der Waals surface area contributed by atoms with E-state index >= 15 is 0 Å². The topological polar surface area (TPSA) is 29.1 Å². The second kappa shape index (κ2) is 5.78. The van der Waals surface area contributed by atoms with E-state index in [1.807, 2.05) is 0 Å². The van der Waals surface area contributed by atoms with Crippen LogP contribution in [0.15, 0.2) is 18.2 Å². The first-order valence-corrected chi connectivity index (χ1v) is 6.22. The molecule has 1 amide bonds. The number of nitrogens with one attached hydrogen (secondary N) is 1. The minimum atomic E-state index is -0.186. The van der Waals surface area contributed by atoms with Gasteiger partial charge in [0.05, 0.1) is 10.6 Å². The molecular formula is C9H8Cl2INO. The van der Waals surface area contributed by atoms with Gasteiger partial charge >= 0.3 is 0 Å². The third-order valence-electron chi connectivity index (χ3n) is 1.55. The van der Waals surface area contributed by atoms with E-state index in [2.05, 4.69) is 27.9 Å². The van der Waals surface area contributed by atoms with E-state index in [-0.39, 0.29) is 5.91 Å². The normalized spacial score (nSPS) is 9.93. The lowest BCUT2D eigenvalue weighted by Crippen LogP contribution is -2.25. The van der Waals surface area contributed by atoms with E-state index in [4.69, 9.17) is 23.2 Å². The second-order valence-corrected chi connectivity index (χ2v) is 4.49. The molecule has 1 aromatic carbocycles. The first-order valence-electron chi connectivity index (χ1n) is 3.94. The van der Waals surface area contributed by atoms with Gasteiger partial charge in [0.2, 0.25) is 0 Å². The molecule has 0 saturated carbocycles. The molecule has 0 atom stereocenters. The van der Waals surface area contributed by atoms with Crippen LogP contribution in [0.5, 0.6) is 0 Å². The largest absolute Gasteiger partial charge is 0.351 e. The number of amides is 1. The molecule has 1 aromatic rings. The van der Waals surface area contributed by atoms with Crippen LogP contribution < -0.4 is 5.32 Å². The number of carbonyl (C=O) groups excluding carboxylic acids is 1. The molecule has 0 radical (unpaired) electrons. The zero-order chi connectivity index (χ0) is 10.6. The molecule has 0 aromatic heterocycles. The van der Waals surface area contributed by atoms with Crippen LogP contribution in [0.1, 0.15) is 10.4 Å². The summed E-state index contributed by atoms with van der Waals surface area (Å²) in [5, 5.41) is 3.65.